The summed E-state index contributed by atoms with van der Waals surface area (Å²) in [6.07, 6.45) is 5.34. The van der Waals surface area contributed by atoms with Crippen LogP contribution < -0.4 is 11.1 Å². The van der Waals surface area contributed by atoms with Gasteiger partial charge in [0, 0.05) is 30.5 Å². The largest absolute Gasteiger partial charge is 0.330 e. The number of nitrogens with zero attached hydrogens (tertiary/aromatic N) is 2. The van der Waals surface area contributed by atoms with E-state index >= 15 is 0 Å². The van der Waals surface area contributed by atoms with E-state index < -0.39 is 5.54 Å². The van der Waals surface area contributed by atoms with Crippen molar-refractivity contribution in [3.8, 4) is 0 Å². The zero-order valence-electron chi connectivity index (χ0n) is 15.5. The summed E-state index contributed by atoms with van der Waals surface area (Å²) in [5.74, 6) is 1.28. The maximum Gasteiger partial charge on any atom is 0.244 e. The fraction of sp³-hybridized carbons (Fsp3) is 0.474. The number of nitrogens with one attached hydrogen (secondary N) is 1. The van der Waals surface area contributed by atoms with E-state index in [4.69, 9.17) is 5.73 Å². The van der Waals surface area contributed by atoms with Gasteiger partial charge in [-0.3, -0.25) is 4.79 Å². The van der Waals surface area contributed by atoms with Crippen LogP contribution in [0.25, 0.3) is 0 Å². The van der Waals surface area contributed by atoms with Gasteiger partial charge in [0.05, 0.1) is 5.54 Å². The number of carbonyl (C=O) groups is 1. The first-order valence-electron chi connectivity index (χ1n) is 8.53. The number of benzene rings is 1. The van der Waals surface area contributed by atoms with Crippen molar-refractivity contribution in [2.45, 2.75) is 58.5 Å². The van der Waals surface area contributed by atoms with Crippen LogP contribution in [-0.4, -0.2) is 21.0 Å². The molecule has 1 atom stereocenters. The number of anilines is 1. The second-order valence-corrected chi connectivity index (χ2v) is 6.89. The number of aromatic nitrogens is 2. The number of hydrogen-bond donors (Lipinski definition) is 2. The average Bonchev–Trinajstić information content (AvgIpc) is 2.96. The van der Waals surface area contributed by atoms with E-state index in [1.807, 2.05) is 43.6 Å². The minimum Gasteiger partial charge on any atom is -0.330 e. The summed E-state index contributed by atoms with van der Waals surface area (Å²) in [6.45, 7) is 8.79. The van der Waals surface area contributed by atoms with Gasteiger partial charge in [-0.2, -0.15) is 0 Å². The normalized spacial score (nSPS) is 13.2. The topological polar surface area (TPSA) is 72.9 Å². The fourth-order valence-corrected chi connectivity index (χ4v) is 2.81. The molecule has 2 aromatic rings. The molecule has 1 aromatic heterocycles. The molecular formula is C19H29ClN4O. The number of carbonyl (C=O) groups excluding carboxylic acids is 1. The van der Waals surface area contributed by atoms with Gasteiger partial charge in [-0.25, -0.2) is 4.98 Å². The minimum atomic E-state index is -0.847. The van der Waals surface area contributed by atoms with Crippen LogP contribution in [0.2, 0.25) is 0 Å². The molecule has 0 radical (unpaired) electrons. The summed E-state index contributed by atoms with van der Waals surface area (Å²) in [5.41, 5.74) is 7.14. The Morgan fingerprint density at radius 3 is 2.76 bits per heavy atom. The third-order valence-corrected chi connectivity index (χ3v) is 4.09. The highest BCUT2D eigenvalue weighted by atomic mass is 35.5. The number of imidazole rings is 1. The highest BCUT2D eigenvalue weighted by Crippen LogP contribution is 2.18. The molecule has 1 unspecified atom stereocenters. The lowest BCUT2D eigenvalue weighted by molar-refractivity contribution is -0.120. The molecule has 25 heavy (non-hydrogen) atoms. The third kappa shape index (κ3) is 5.58. The summed E-state index contributed by atoms with van der Waals surface area (Å²) in [5, 5.41) is 2.94. The maximum atomic E-state index is 12.3. The van der Waals surface area contributed by atoms with Crippen LogP contribution in [0.5, 0.6) is 0 Å². The van der Waals surface area contributed by atoms with Gasteiger partial charge >= 0.3 is 0 Å². The first kappa shape index (κ1) is 21.2. The summed E-state index contributed by atoms with van der Waals surface area (Å²) in [7, 11) is 0. The van der Waals surface area contributed by atoms with Crippen molar-refractivity contribution in [2.24, 2.45) is 5.73 Å². The van der Waals surface area contributed by atoms with E-state index in [0.717, 1.165) is 30.0 Å². The van der Waals surface area contributed by atoms with Crippen molar-refractivity contribution >= 4 is 24.0 Å². The molecule has 1 aromatic carbocycles. The Bertz CT molecular complexity index is 694. The molecule has 0 aliphatic heterocycles. The Morgan fingerprint density at radius 2 is 2.12 bits per heavy atom. The van der Waals surface area contributed by atoms with Crippen LogP contribution in [-0.2, 0) is 11.3 Å². The lowest BCUT2D eigenvalue weighted by atomic mass is 9.96. The zero-order valence-corrected chi connectivity index (χ0v) is 16.3. The molecule has 0 aliphatic rings. The van der Waals surface area contributed by atoms with E-state index in [-0.39, 0.29) is 18.3 Å². The van der Waals surface area contributed by atoms with E-state index in [9.17, 15) is 4.79 Å². The van der Waals surface area contributed by atoms with Crippen LogP contribution in [0.15, 0.2) is 36.7 Å². The van der Waals surface area contributed by atoms with Crippen LogP contribution in [0.4, 0.5) is 5.69 Å². The predicted octanol–water partition coefficient (Wildman–Crippen LogP) is 3.93. The van der Waals surface area contributed by atoms with Gasteiger partial charge in [-0.15, -0.1) is 12.4 Å². The van der Waals surface area contributed by atoms with E-state index in [0.29, 0.717) is 12.3 Å². The fourth-order valence-electron chi connectivity index (χ4n) is 2.81. The summed E-state index contributed by atoms with van der Waals surface area (Å²) in [4.78, 5) is 16.8. The molecule has 3 N–H and O–H groups in total. The van der Waals surface area contributed by atoms with Gasteiger partial charge in [-0.1, -0.05) is 39.3 Å². The third-order valence-electron chi connectivity index (χ3n) is 4.09. The Labute approximate surface area is 156 Å². The van der Waals surface area contributed by atoms with E-state index in [1.165, 1.54) is 0 Å². The molecule has 0 saturated carbocycles. The molecule has 138 valence electrons. The summed E-state index contributed by atoms with van der Waals surface area (Å²) in [6, 6.07) is 7.88. The molecule has 0 saturated heterocycles. The van der Waals surface area contributed by atoms with Gasteiger partial charge in [-0.05, 0) is 31.0 Å². The zero-order chi connectivity index (χ0) is 17.7. The van der Waals surface area contributed by atoms with Crippen molar-refractivity contribution in [3.63, 3.8) is 0 Å². The SMILES string of the molecule is CCCC(C)(N)C(=O)Nc1cccc(Cn2ccnc2C(C)C)c1.Cl. The molecule has 0 fully saturated rings. The van der Waals surface area contributed by atoms with Gasteiger partial charge in [0.1, 0.15) is 5.82 Å². The Kier molecular flexibility index (Phi) is 7.64. The van der Waals surface area contributed by atoms with Crippen molar-refractivity contribution < 1.29 is 4.79 Å². The number of nitrogens with two attached hydrogens (primary N) is 1. The average molecular weight is 365 g/mol. The van der Waals surface area contributed by atoms with Crippen molar-refractivity contribution in [1.82, 2.24) is 9.55 Å². The number of rotatable bonds is 7. The highest BCUT2D eigenvalue weighted by Gasteiger charge is 2.27. The lowest BCUT2D eigenvalue weighted by Crippen LogP contribution is -2.48. The van der Waals surface area contributed by atoms with Crippen LogP contribution in [0, 0.1) is 0 Å². The quantitative estimate of drug-likeness (QED) is 0.781. The van der Waals surface area contributed by atoms with Crippen LogP contribution in [0.3, 0.4) is 0 Å². The molecule has 5 nitrogen and oxygen atoms in total. The van der Waals surface area contributed by atoms with E-state index in [2.05, 4.69) is 28.7 Å². The summed E-state index contributed by atoms with van der Waals surface area (Å²) < 4.78 is 2.13. The predicted molar refractivity (Wildman–Crippen MR) is 105 cm³/mol. The Hall–Kier alpha value is -1.85. The van der Waals surface area contributed by atoms with E-state index in [1.54, 1.807) is 6.92 Å². The first-order valence-corrected chi connectivity index (χ1v) is 8.53. The highest BCUT2D eigenvalue weighted by molar-refractivity contribution is 5.97. The van der Waals surface area contributed by atoms with Crippen molar-refractivity contribution in [3.05, 3.63) is 48.0 Å². The van der Waals surface area contributed by atoms with Crippen LogP contribution >= 0.6 is 12.4 Å². The second kappa shape index (κ2) is 9.02. The molecule has 1 amide bonds. The monoisotopic (exact) mass is 364 g/mol. The number of amides is 1. The van der Waals surface area contributed by atoms with Crippen molar-refractivity contribution in [1.29, 1.82) is 0 Å². The maximum absolute atomic E-state index is 12.3. The molecule has 6 heteroatoms. The molecule has 1 heterocycles. The second-order valence-electron chi connectivity index (χ2n) is 6.89. The van der Waals surface area contributed by atoms with Gasteiger partial charge in [0.25, 0.3) is 0 Å². The van der Waals surface area contributed by atoms with Crippen molar-refractivity contribution in [2.75, 3.05) is 5.32 Å². The first-order chi connectivity index (χ1) is 11.3. The minimum absolute atomic E-state index is 0. The molecule has 0 bridgehead atoms. The Morgan fingerprint density at radius 1 is 1.40 bits per heavy atom. The molecular weight excluding hydrogens is 336 g/mol. The lowest BCUT2D eigenvalue weighted by Gasteiger charge is -2.23. The standard InChI is InChI=1S/C19H28N4O.ClH/c1-5-9-19(4,20)18(24)22-16-8-6-7-15(12-16)13-23-11-10-21-17(23)14(2)3;/h6-8,10-12,14H,5,9,13,20H2,1-4H3,(H,22,24);1H. The van der Waals surface area contributed by atoms with Crippen LogP contribution in [0.1, 0.15) is 57.8 Å². The smallest absolute Gasteiger partial charge is 0.244 e. The molecule has 0 spiro atoms. The van der Waals surface area contributed by atoms with Gasteiger partial charge < -0.3 is 15.6 Å². The molecule has 2 rings (SSSR count). The number of halogens is 1. The van der Waals surface area contributed by atoms with Gasteiger partial charge in [0.2, 0.25) is 5.91 Å². The number of hydrogen-bond acceptors (Lipinski definition) is 3. The molecule has 0 aliphatic carbocycles. The van der Waals surface area contributed by atoms with Gasteiger partial charge in [0.15, 0.2) is 0 Å². The summed E-state index contributed by atoms with van der Waals surface area (Å²) >= 11 is 0. The Balaban J connectivity index is 0.00000312.